The number of aryl methyl sites for hydroxylation is 1. The Morgan fingerprint density at radius 3 is 2.24 bits per heavy atom. The molecule has 0 N–H and O–H groups in total. The van der Waals surface area contributed by atoms with Crippen LogP contribution in [0.1, 0.15) is 23.6 Å². The van der Waals surface area contributed by atoms with Gasteiger partial charge in [0, 0.05) is 12.7 Å². The summed E-state index contributed by atoms with van der Waals surface area (Å²) >= 11 is 0. The van der Waals surface area contributed by atoms with E-state index in [4.69, 9.17) is 0 Å². The highest BCUT2D eigenvalue weighted by molar-refractivity contribution is 7.90. The van der Waals surface area contributed by atoms with Crippen molar-refractivity contribution in [2.24, 2.45) is 5.10 Å². The first-order valence-electron chi connectivity index (χ1n) is 7.70. The molecule has 0 bridgehead atoms. The van der Waals surface area contributed by atoms with Crippen molar-refractivity contribution in [3.63, 3.8) is 0 Å². The number of nitrogens with zero attached hydrogens (tertiary/aromatic N) is 2. The second-order valence-electron chi connectivity index (χ2n) is 6.08. The van der Waals surface area contributed by atoms with Crippen LogP contribution in [0.2, 0.25) is 0 Å². The number of carboxylic acids is 1. The number of hydrazone groups is 1. The molecule has 25 heavy (non-hydrogen) atoms. The summed E-state index contributed by atoms with van der Waals surface area (Å²) in [5, 5.41) is 17.0. The van der Waals surface area contributed by atoms with Crippen LogP contribution in [0.3, 0.4) is 0 Å². The fourth-order valence-corrected chi connectivity index (χ4v) is 3.40. The van der Waals surface area contributed by atoms with Crippen LogP contribution >= 0.6 is 0 Å². The lowest BCUT2D eigenvalue weighted by Gasteiger charge is -2.24. The number of benzene rings is 2. The Labute approximate surface area is 146 Å². The molecule has 1 unspecified atom stereocenters. The molecule has 2 aromatic rings. The number of carbonyl (C=O) groups is 1. The smallest absolute Gasteiger partial charge is 0.175 e. The average Bonchev–Trinajstić information content (AvgIpc) is 3.00. The van der Waals surface area contributed by atoms with Gasteiger partial charge in [-0.25, -0.2) is 8.42 Å². The number of carboxylic acid groups (broad SMARTS) is 1. The highest BCUT2D eigenvalue weighted by atomic mass is 32.2. The Morgan fingerprint density at radius 1 is 1.12 bits per heavy atom. The van der Waals surface area contributed by atoms with Crippen LogP contribution in [-0.2, 0) is 14.6 Å². The van der Waals surface area contributed by atoms with E-state index in [9.17, 15) is 18.3 Å². The minimum atomic E-state index is -3.30. The van der Waals surface area contributed by atoms with Gasteiger partial charge in [0.05, 0.1) is 28.3 Å². The van der Waals surface area contributed by atoms with E-state index in [0.29, 0.717) is 5.69 Å². The second-order valence-corrected chi connectivity index (χ2v) is 8.09. The number of anilines is 1. The van der Waals surface area contributed by atoms with Gasteiger partial charge < -0.3 is 9.90 Å². The van der Waals surface area contributed by atoms with Crippen molar-refractivity contribution < 1.29 is 18.3 Å². The molecule has 0 saturated carbocycles. The Bertz CT molecular complexity index is 932. The summed E-state index contributed by atoms with van der Waals surface area (Å²) in [4.78, 5) is 11.4. The van der Waals surface area contributed by atoms with Gasteiger partial charge in [0.25, 0.3) is 0 Å². The lowest BCUT2D eigenvalue weighted by atomic mass is 10.0. The van der Waals surface area contributed by atoms with E-state index in [0.717, 1.165) is 17.4 Å². The number of sulfone groups is 1. The van der Waals surface area contributed by atoms with Crippen molar-refractivity contribution in [1.82, 2.24) is 0 Å². The van der Waals surface area contributed by atoms with E-state index >= 15 is 0 Å². The normalized spacial score (nSPS) is 17.4. The van der Waals surface area contributed by atoms with E-state index in [-0.39, 0.29) is 23.1 Å². The molecule has 0 aromatic heterocycles. The molecular weight excluding hydrogens is 340 g/mol. The van der Waals surface area contributed by atoms with Crippen LogP contribution in [0.15, 0.2) is 58.5 Å². The Hall–Kier alpha value is -2.67. The van der Waals surface area contributed by atoms with Crippen LogP contribution in [-0.4, -0.2) is 26.4 Å². The SMILES string of the molecule is Cc1ccc(C2CC(C(=O)[O-])=NN2c2ccc(S(C)(=O)=O)cc2)cc1. The molecule has 2 aromatic carbocycles. The van der Waals surface area contributed by atoms with Crippen LogP contribution in [0.4, 0.5) is 5.69 Å². The van der Waals surface area contributed by atoms with Gasteiger partial charge in [-0.2, -0.15) is 5.10 Å². The highest BCUT2D eigenvalue weighted by Gasteiger charge is 2.29. The van der Waals surface area contributed by atoms with Crippen LogP contribution in [0, 0.1) is 6.92 Å². The van der Waals surface area contributed by atoms with E-state index in [1.165, 1.54) is 12.1 Å². The first-order chi connectivity index (χ1) is 11.8. The van der Waals surface area contributed by atoms with Gasteiger partial charge in [-0.3, -0.25) is 5.01 Å². The zero-order valence-corrected chi connectivity index (χ0v) is 14.7. The minimum Gasteiger partial charge on any atom is -0.543 e. The maximum absolute atomic E-state index is 11.6. The van der Waals surface area contributed by atoms with Crippen molar-refractivity contribution in [2.75, 3.05) is 11.3 Å². The third kappa shape index (κ3) is 3.56. The molecule has 1 aliphatic rings. The number of carbonyl (C=O) groups excluding carboxylic acids is 1. The van der Waals surface area contributed by atoms with Crippen molar-refractivity contribution in [2.45, 2.75) is 24.3 Å². The van der Waals surface area contributed by atoms with Crippen molar-refractivity contribution in [1.29, 1.82) is 0 Å². The molecular formula is C18H17N2O4S-. The van der Waals surface area contributed by atoms with Crippen LogP contribution in [0.5, 0.6) is 0 Å². The van der Waals surface area contributed by atoms with Crippen LogP contribution in [0.25, 0.3) is 0 Å². The van der Waals surface area contributed by atoms with Crippen molar-refractivity contribution in [3.8, 4) is 0 Å². The predicted molar refractivity (Wildman–Crippen MR) is 93.0 cm³/mol. The number of rotatable bonds is 4. The largest absolute Gasteiger partial charge is 0.543 e. The van der Waals surface area contributed by atoms with E-state index in [1.807, 2.05) is 31.2 Å². The third-order valence-corrected chi connectivity index (χ3v) is 5.27. The molecule has 0 saturated heterocycles. The Kier molecular flexibility index (Phi) is 4.34. The van der Waals surface area contributed by atoms with Gasteiger partial charge in [0.1, 0.15) is 0 Å². The summed E-state index contributed by atoms with van der Waals surface area (Å²) in [6.45, 7) is 1.98. The zero-order valence-electron chi connectivity index (χ0n) is 13.8. The molecule has 0 fully saturated rings. The van der Waals surface area contributed by atoms with Crippen molar-refractivity contribution >= 4 is 27.2 Å². The topological polar surface area (TPSA) is 89.9 Å². The Balaban J connectivity index is 1.99. The summed E-state index contributed by atoms with van der Waals surface area (Å²) in [5.74, 6) is -1.30. The first kappa shape index (κ1) is 17.2. The highest BCUT2D eigenvalue weighted by Crippen LogP contribution is 2.35. The maximum atomic E-state index is 11.6. The fourth-order valence-electron chi connectivity index (χ4n) is 2.77. The molecule has 0 amide bonds. The van der Waals surface area contributed by atoms with Gasteiger partial charge in [0.15, 0.2) is 9.84 Å². The molecule has 0 radical (unpaired) electrons. The van der Waals surface area contributed by atoms with E-state index < -0.39 is 15.8 Å². The van der Waals surface area contributed by atoms with Gasteiger partial charge in [-0.1, -0.05) is 29.8 Å². The van der Waals surface area contributed by atoms with Gasteiger partial charge in [-0.05, 0) is 36.8 Å². The summed E-state index contributed by atoms with van der Waals surface area (Å²) < 4.78 is 23.2. The number of aliphatic carboxylic acids is 1. The minimum absolute atomic E-state index is 0.0298. The predicted octanol–water partition coefficient (Wildman–Crippen LogP) is 1.46. The summed E-state index contributed by atoms with van der Waals surface area (Å²) in [5.41, 5.74) is 2.62. The van der Waals surface area contributed by atoms with E-state index in [2.05, 4.69) is 5.10 Å². The molecule has 6 nitrogen and oxygen atoms in total. The van der Waals surface area contributed by atoms with Gasteiger partial charge in [-0.15, -0.1) is 0 Å². The maximum Gasteiger partial charge on any atom is 0.175 e. The number of hydrogen-bond donors (Lipinski definition) is 0. The van der Waals surface area contributed by atoms with Crippen molar-refractivity contribution in [3.05, 3.63) is 59.7 Å². The lowest BCUT2D eigenvalue weighted by Crippen LogP contribution is -2.30. The first-order valence-corrected chi connectivity index (χ1v) is 9.59. The molecule has 1 aliphatic heterocycles. The average molecular weight is 357 g/mol. The molecule has 0 spiro atoms. The second kappa shape index (κ2) is 6.33. The standard InChI is InChI=1S/C18H18N2O4S/c1-12-3-5-13(6-4-12)17-11-16(18(21)22)19-20(17)14-7-9-15(10-8-14)25(2,23)24/h3-10,17H,11H2,1-2H3,(H,21,22)/p-1. The molecule has 7 heteroatoms. The van der Waals surface area contributed by atoms with Crippen LogP contribution < -0.4 is 10.1 Å². The van der Waals surface area contributed by atoms with E-state index in [1.54, 1.807) is 17.1 Å². The molecule has 1 atom stereocenters. The molecule has 1 heterocycles. The summed E-state index contributed by atoms with van der Waals surface area (Å²) in [6, 6.07) is 13.7. The lowest BCUT2D eigenvalue weighted by molar-refractivity contribution is -0.294. The number of hydrogen-bond acceptors (Lipinski definition) is 6. The summed E-state index contributed by atoms with van der Waals surface area (Å²) in [7, 11) is -3.30. The Morgan fingerprint density at radius 2 is 1.72 bits per heavy atom. The fraction of sp³-hybridized carbons (Fsp3) is 0.222. The molecule has 130 valence electrons. The quantitative estimate of drug-likeness (QED) is 0.826. The monoisotopic (exact) mass is 357 g/mol. The van der Waals surface area contributed by atoms with Gasteiger partial charge in [0.2, 0.25) is 0 Å². The molecule has 3 rings (SSSR count). The molecule has 0 aliphatic carbocycles. The van der Waals surface area contributed by atoms with Gasteiger partial charge >= 0.3 is 0 Å². The summed E-state index contributed by atoms with van der Waals surface area (Å²) in [6.07, 6.45) is 1.36. The zero-order chi connectivity index (χ0) is 18.2. The third-order valence-electron chi connectivity index (χ3n) is 4.14.